The number of aromatic nitrogens is 1. The van der Waals surface area contributed by atoms with E-state index in [4.69, 9.17) is 14.5 Å². The summed E-state index contributed by atoms with van der Waals surface area (Å²) in [4.78, 5) is 59.6. The molecule has 46 heavy (non-hydrogen) atoms. The molecule has 0 spiro atoms. The van der Waals surface area contributed by atoms with Crippen LogP contribution >= 0.6 is 0 Å². The fraction of sp³-hybridized carbons (Fsp3) is 0.571. The molecular weight excluding hydrogens is 586 g/mol. The van der Waals surface area contributed by atoms with Gasteiger partial charge in [-0.05, 0) is 82.4 Å². The van der Waals surface area contributed by atoms with Crippen LogP contribution in [0.1, 0.15) is 84.1 Å². The summed E-state index contributed by atoms with van der Waals surface area (Å²) < 4.78 is 11.4. The maximum Gasteiger partial charge on any atom is 0.325 e. The van der Waals surface area contributed by atoms with Gasteiger partial charge in [0.1, 0.15) is 24.2 Å². The number of amides is 3. The Morgan fingerprint density at radius 3 is 2.50 bits per heavy atom. The fourth-order valence-corrected chi connectivity index (χ4v) is 6.14. The minimum atomic E-state index is -0.941. The molecule has 3 amide bonds. The molecule has 4 heterocycles. The van der Waals surface area contributed by atoms with Crippen molar-refractivity contribution in [3.8, 4) is 0 Å². The third kappa shape index (κ3) is 7.93. The van der Waals surface area contributed by atoms with Crippen LogP contribution in [0.15, 0.2) is 36.4 Å². The number of carbonyl (C=O) groups is 4. The molecule has 4 atom stereocenters. The normalized spacial score (nSPS) is 27.0. The van der Waals surface area contributed by atoms with E-state index in [-0.39, 0.29) is 23.7 Å². The highest BCUT2D eigenvalue weighted by molar-refractivity contribution is 5.94. The number of esters is 1. The molecule has 1 aromatic carbocycles. The van der Waals surface area contributed by atoms with Crippen molar-refractivity contribution in [3.63, 3.8) is 0 Å². The smallest absolute Gasteiger partial charge is 0.325 e. The van der Waals surface area contributed by atoms with Crippen molar-refractivity contribution < 1.29 is 28.7 Å². The molecule has 2 saturated heterocycles. The van der Waals surface area contributed by atoms with Gasteiger partial charge in [-0.1, -0.05) is 44.2 Å². The molecule has 3 aliphatic rings. The summed E-state index contributed by atoms with van der Waals surface area (Å²) in [6, 6.07) is 7.19. The lowest BCUT2D eigenvalue weighted by Crippen LogP contribution is -2.62. The van der Waals surface area contributed by atoms with Gasteiger partial charge in [0, 0.05) is 25.1 Å². The number of cyclic esters (lactones) is 1. The Labute approximate surface area is 270 Å². The second kappa shape index (κ2) is 14.3. The van der Waals surface area contributed by atoms with Gasteiger partial charge in [0.2, 0.25) is 11.8 Å². The van der Waals surface area contributed by atoms with Crippen molar-refractivity contribution in [2.75, 3.05) is 19.8 Å². The molecule has 0 aliphatic carbocycles. The zero-order chi connectivity index (χ0) is 33.0. The standard InChI is InChI=1S/C35H47N5O6/c1-21(2)30-31(41)37-29(20-24-13-17-45-18-14-24)32(42)40-16-6-7-27(39-40)33(43)46-22(3)26-11-10-25-9-8-23(19-28(25)36-26)12-15-35(4,5)34(44)38-30/h8-12,15,19,21-22,24,27,29-30,39H,6-7,13-14,16-18,20H2,1-5H3,(H,37,41)(H,38,44). The zero-order valence-corrected chi connectivity index (χ0v) is 27.5. The number of ether oxygens (including phenoxy) is 2. The summed E-state index contributed by atoms with van der Waals surface area (Å²) in [7, 11) is 0. The lowest BCUT2D eigenvalue weighted by Gasteiger charge is -2.37. The quantitative estimate of drug-likeness (QED) is 0.434. The summed E-state index contributed by atoms with van der Waals surface area (Å²) >= 11 is 0. The van der Waals surface area contributed by atoms with Crippen molar-refractivity contribution >= 4 is 40.7 Å². The van der Waals surface area contributed by atoms with Crippen LogP contribution in [0, 0.1) is 17.3 Å². The minimum absolute atomic E-state index is 0.183. The Bertz CT molecular complexity index is 1480. The van der Waals surface area contributed by atoms with E-state index in [1.165, 1.54) is 5.01 Å². The molecule has 5 rings (SSSR count). The van der Waals surface area contributed by atoms with Crippen molar-refractivity contribution in [2.45, 2.75) is 91.0 Å². The number of nitrogens with zero attached hydrogens (tertiary/aromatic N) is 2. The van der Waals surface area contributed by atoms with Gasteiger partial charge in [0.25, 0.3) is 5.91 Å². The number of rotatable bonds is 3. The first-order chi connectivity index (χ1) is 21.9. The van der Waals surface area contributed by atoms with Crippen LogP contribution in [-0.4, -0.2) is 71.6 Å². The van der Waals surface area contributed by atoms with Crippen LogP contribution in [-0.2, 0) is 28.7 Å². The molecule has 3 aliphatic heterocycles. The third-order valence-electron chi connectivity index (χ3n) is 9.22. The predicted molar refractivity (Wildman–Crippen MR) is 174 cm³/mol. The summed E-state index contributed by atoms with van der Waals surface area (Å²) in [5, 5.41) is 8.32. The highest BCUT2D eigenvalue weighted by Crippen LogP contribution is 2.26. The fourth-order valence-electron chi connectivity index (χ4n) is 6.14. The Balaban J connectivity index is 1.49. The zero-order valence-electron chi connectivity index (χ0n) is 27.5. The molecule has 5 bridgehead atoms. The average molecular weight is 634 g/mol. The molecular formula is C35H47N5O6. The average Bonchev–Trinajstić information content (AvgIpc) is 3.05. The van der Waals surface area contributed by atoms with E-state index >= 15 is 0 Å². The Morgan fingerprint density at radius 2 is 1.76 bits per heavy atom. The van der Waals surface area contributed by atoms with Gasteiger partial charge in [-0.2, -0.15) is 0 Å². The lowest BCUT2D eigenvalue weighted by atomic mass is 9.89. The molecule has 11 nitrogen and oxygen atoms in total. The summed E-state index contributed by atoms with van der Waals surface area (Å²) in [6.45, 7) is 10.7. The SMILES string of the molecule is CC1OC(=O)C2CCCN(N2)C(=O)C(CC2CCOCC2)NC(=O)C(C(C)C)NC(=O)C(C)(C)C=Cc2ccc3ccc1nc3c2. The number of nitrogens with one attached hydrogen (secondary N) is 3. The summed E-state index contributed by atoms with van der Waals surface area (Å²) in [6.07, 6.45) is 6.16. The number of hydrazine groups is 1. The predicted octanol–water partition coefficient (Wildman–Crippen LogP) is 3.83. The van der Waals surface area contributed by atoms with Crippen molar-refractivity contribution in [1.29, 1.82) is 0 Å². The Morgan fingerprint density at radius 1 is 1.02 bits per heavy atom. The van der Waals surface area contributed by atoms with Crippen LogP contribution < -0.4 is 16.1 Å². The van der Waals surface area contributed by atoms with Crippen LogP contribution in [0.3, 0.4) is 0 Å². The molecule has 0 saturated carbocycles. The van der Waals surface area contributed by atoms with Gasteiger partial charge in [-0.25, -0.2) is 10.4 Å². The van der Waals surface area contributed by atoms with Crippen molar-refractivity contribution in [3.05, 3.63) is 47.7 Å². The first kappa shape index (κ1) is 33.5. The van der Waals surface area contributed by atoms with Gasteiger partial charge < -0.3 is 20.1 Å². The van der Waals surface area contributed by atoms with Gasteiger partial charge in [0.05, 0.1) is 16.6 Å². The lowest BCUT2D eigenvalue weighted by molar-refractivity contribution is -0.157. The van der Waals surface area contributed by atoms with E-state index in [2.05, 4.69) is 16.1 Å². The molecule has 2 fully saturated rings. The van der Waals surface area contributed by atoms with Crippen LogP contribution in [0.25, 0.3) is 17.0 Å². The first-order valence-electron chi connectivity index (χ1n) is 16.5. The molecule has 11 heteroatoms. The van der Waals surface area contributed by atoms with E-state index in [0.29, 0.717) is 44.7 Å². The summed E-state index contributed by atoms with van der Waals surface area (Å²) in [5.74, 6) is -1.56. The topological polar surface area (TPSA) is 139 Å². The maximum absolute atomic E-state index is 14.0. The second-order valence-electron chi connectivity index (χ2n) is 13.7. The van der Waals surface area contributed by atoms with E-state index in [1.807, 2.05) is 56.3 Å². The van der Waals surface area contributed by atoms with Gasteiger partial charge >= 0.3 is 5.97 Å². The van der Waals surface area contributed by atoms with Crippen LogP contribution in [0.5, 0.6) is 0 Å². The maximum atomic E-state index is 14.0. The molecule has 3 N–H and O–H groups in total. The van der Waals surface area contributed by atoms with E-state index in [1.54, 1.807) is 20.8 Å². The molecule has 0 radical (unpaired) electrons. The van der Waals surface area contributed by atoms with Crippen LogP contribution in [0.2, 0.25) is 0 Å². The highest BCUT2D eigenvalue weighted by atomic mass is 16.5. The van der Waals surface area contributed by atoms with E-state index in [0.717, 1.165) is 29.3 Å². The number of carbonyl (C=O) groups excluding carboxylic acids is 4. The minimum Gasteiger partial charge on any atom is -0.455 e. The third-order valence-corrected chi connectivity index (χ3v) is 9.22. The number of benzene rings is 1. The summed E-state index contributed by atoms with van der Waals surface area (Å²) in [5.41, 5.74) is 4.34. The van der Waals surface area contributed by atoms with Crippen molar-refractivity contribution in [1.82, 2.24) is 26.1 Å². The largest absolute Gasteiger partial charge is 0.455 e. The Hall–Kier alpha value is -3.83. The van der Waals surface area contributed by atoms with Crippen LogP contribution in [0.4, 0.5) is 0 Å². The number of hydrogen-bond donors (Lipinski definition) is 3. The monoisotopic (exact) mass is 633 g/mol. The number of fused-ring (bicyclic) bond motifs is 4. The van der Waals surface area contributed by atoms with Crippen molar-refractivity contribution in [2.24, 2.45) is 17.3 Å². The molecule has 1 aromatic heterocycles. The van der Waals surface area contributed by atoms with E-state index in [9.17, 15) is 19.2 Å². The van der Waals surface area contributed by atoms with Gasteiger partial charge in [-0.15, -0.1) is 0 Å². The highest BCUT2D eigenvalue weighted by Gasteiger charge is 2.37. The molecule has 248 valence electrons. The number of hydrogen-bond acceptors (Lipinski definition) is 8. The van der Waals surface area contributed by atoms with Gasteiger partial charge in [-0.3, -0.25) is 24.2 Å². The second-order valence-corrected chi connectivity index (χ2v) is 13.7. The molecule has 2 aromatic rings. The number of pyridine rings is 1. The van der Waals surface area contributed by atoms with Gasteiger partial charge in [0.15, 0.2) is 0 Å². The Kier molecular flexibility index (Phi) is 10.4. The van der Waals surface area contributed by atoms with E-state index < -0.39 is 41.5 Å². The first-order valence-corrected chi connectivity index (χ1v) is 16.5. The molecule has 4 unspecified atom stereocenters.